The highest BCUT2D eigenvalue weighted by atomic mass is 16.2. The molecule has 0 aliphatic rings. The molecule has 154 valence electrons. The SMILES string of the molecule is CC#CCn1c(N(C)CCN)nc2c1c(=O)n(Cc1ncccc1C#N)c(=O)n2C. The molecule has 0 radical (unpaired) electrons. The summed E-state index contributed by atoms with van der Waals surface area (Å²) in [6.07, 6.45) is 1.52. The summed E-state index contributed by atoms with van der Waals surface area (Å²) in [5, 5.41) is 9.31. The van der Waals surface area contributed by atoms with Crippen molar-refractivity contribution in [3.63, 3.8) is 0 Å². The maximum Gasteiger partial charge on any atom is 0.332 e. The zero-order valence-electron chi connectivity index (χ0n) is 17.1. The van der Waals surface area contributed by atoms with Gasteiger partial charge in [0.25, 0.3) is 5.56 Å². The molecule has 3 aromatic heterocycles. The summed E-state index contributed by atoms with van der Waals surface area (Å²) in [5.41, 5.74) is 5.79. The Labute approximate surface area is 172 Å². The molecular formula is C20H22N8O2. The van der Waals surface area contributed by atoms with Crippen molar-refractivity contribution in [2.75, 3.05) is 25.0 Å². The Morgan fingerprint density at radius 2 is 2.07 bits per heavy atom. The molecule has 0 spiro atoms. The largest absolute Gasteiger partial charge is 0.344 e. The van der Waals surface area contributed by atoms with Crippen LogP contribution in [0.2, 0.25) is 0 Å². The standard InChI is InChI=1S/C20H22N8O2/c1-4-5-10-27-16-17(24-19(27)25(2)11-8-21)26(3)20(30)28(18(16)29)13-15-14(12-22)7-6-9-23-15/h6-7,9H,8,10-11,13,21H2,1-3H3. The van der Waals surface area contributed by atoms with Crippen LogP contribution in [-0.4, -0.2) is 43.8 Å². The first kappa shape index (κ1) is 20.8. The lowest BCUT2D eigenvalue weighted by Crippen LogP contribution is -2.40. The molecule has 0 atom stereocenters. The summed E-state index contributed by atoms with van der Waals surface area (Å²) in [5.74, 6) is 6.27. The molecule has 0 amide bonds. The summed E-state index contributed by atoms with van der Waals surface area (Å²) in [6, 6.07) is 5.26. The van der Waals surface area contributed by atoms with Crippen LogP contribution in [0.25, 0.3) is 11.2 Å². The third-order valence-corrected chi connectivity index (χ3v) is 4.75. The van der Waals surface area contributed by atoms with Gasteiger partial charge in [0.1, 0.15) is 6.07 Å². The van der Waals surface area contributed by atoms with Gasteiger partial charge < -0.3 is 10.6 Å². The van der Waals surface area contributed by atoms with Crippen molar-refractivity contribution >= 4 is 17.1 Å². The molecule has 0 bridgehead atoms. The van der Waals surface area contributed by atoms with Crippen molar-refractivity contribution in [3.8, 4) is 17.9 Å². The van der Waals surface area contributed by atoms with Crippen molar-refractivity contribution in [1.29, 1.82) is 5.26 Å². The summed E-state index contributed by atoms with van der Waals surface area (Å²) in [4.78, 5) is 36.8. The number of rotatable bonds is 6. The minimum atomic E-state index is -0.540. The summed E-state index contributed by atoms with van der Waals surface area (Å²) >= 11 is 0. The minimum absolute atomic E-state index is 0.121. The topological polar surface area (TPSA) is 128 Å². The average molecular weight is 406 g/mol. The van der Waals surface area contributed by atoms with E-state index in [-0.39, 0.29) is 24.3 Å². The van der Waals surface area contributed by atoms with Gasteiger partial charge in [0, 0.05) is 33.4 Å². The van der Waals surface area contributed by atoms with Crippen molar-refractivity contribution in [2.24, 2.45) is 12.8 Å². The molecule has 2 N–H and O–H groups in total. The van der Waals surface area contributed by atoms with E-state index < -0.39 is 11.2 Å². The number of aryl methyl sites for hydroxylation is 1. The van der Waals surface area contributed by atoms with Crippen LogP contribution in [0, 0.1) is 23.2 Å². The van der Waals surface area contributed by atoms with E-state index in [1.165, 1.54) is 10.8 Å². The predicted octanol–water partition coefficient (Wildman–Crippen LogP) is -0.370. The number of hydrogen-bond acceptors (Lipinski definition) is 7. The fraction of sp³-hybridized carbons (Fsp3) is 0.350. The third-order valence-electron chi connectivity index (χ3n) is 4.75. The lowest BCUT2D eigenvalue weighted by Gasteiger charge is -2.17. The first-order chi connectivity index (χ1) is 14.4. The second-order valence-corrected chi connectivity index (χ2v) is 6.65. The zero-order valence-corrected chi connectivity index (χ0v) is 17.1. The number of hydrogen-bond donors (Lipinski definition) is 1. The van der Waals surface area contributed by atoms with Crippen LogP contribution in [0.4, 0.5) is 5.95 Å². The van der Waals surface area contributed by atoms with Crippen LogP contribution in [0.5, 0.6) is 0 Å². The molecule has 0 fully saturated rings. The van der Waals surface area contributed by atoms with Gasteiger partial charge >= 0.3 is 5.69 Å². The van der Waals surface area contributed by atoms with E-state index in [0.29, 0.717) is 30.3 Å². The molecule has 3 aromatic rings. The second kappa shape index (κ2) is 8.64. The summed E-state index contributed by atoms with van der Waals surface area (Å²) in [7, 11) is 3.37. The summed E-state index contributed by atoms with van der Waals surface area (Å²) in [6.45, 7) is 2.74. The van der Waals surface area contributed by atoms with Gasteiger partial charge in [-0.15, -0.1) is 5.92 Å². The van der Waals surface area contributed by atoms with Gasteiger partial charge in [-0.2, -0.15) is 10.2 Å². The molecule has 0 aliphatic heterocycles. The van der Waals surface area contributed by atoms with Crippen molar-refractivity contribution < 1.29 is 0 Å². The maximum atomic E-state index is 13.4. The fourth-order valence-electron chi connectivity index (χ4n) is 3.21. The monoisotopic (exact) mass is 406 g/mol. The lowest BCUT2D eigenvalue weighted by atomic mass is 10.2. The Hall–Kier alpha value is -3.89. The van der Waals surface area contributed by atoms with Crippen LogP contribution in [0.3, 0.4) is 0 Å². The smallest absolute Gasteiger partial charge is 0.332 e. The Kier molecular flexibility index (Phi) is 6.00. The molecule has 0 unspecified atom stereocenters. The van der Waals surface area contributed by atoms with Crippen LogP contribution >= 0.6 is 0 Å². The van der Waals surface area contributed by atoms with Crippen LogP contribution in [-0.2, 0) is 20.1 Å². The van der Waals surface area contributed by atoms with Crippen molar-refractivity contribution in [3.05, 3.63) is 50.4 Å². The third kappa shape index (κ3) is 3.56. The molecule has 30 heavy (non-hydrogen) atoms. The van der Waals surface area contributed by atoms with Crippen LogP contribution in [0.15, 0.2) is 27.9 Å². The van der Waals surface area contributed by atoms with Gasteiger partial charge in [0.2, 0.25) is 5.95 Å². The van der Waals surface area contributed by atoms with Gasteiger partial charge in [-0.25, -0.2) is 4.79 Å². The van der Waals surface area contributed by atoms with Crippen LogP contribution < -0.4 is 21.9 Å². The first-order valence-corrected chi connectivity index (χ1v) is 9.29. The van der Waals surface area contributed by atoms with Gasteiger partial charge in [0.05, 0.1) is 24.3 Å². The van der Waals surface area contributed by atoms with E-state index in [4.69, 9.17) is 5.73 Å². The Morgan fingerprint density at radius 3 is 2.73 bits per heavy atom. The minimum Gasteiger partial charge on any atom is -0.344 e. The average Bonchev–Trinajstić information content (AvgIpc) is 3.14. The molecule has 3 rings (SSSR count). The van der Waals surface area contributed by atoms with Gasteiger partial charge in [-0.05, 0) is 19.1 Å². The normalized spacial score (nSPS) is 10.5. The first-order valence-electron chi connectivity index (χ1n) is 9.29. The fourth-order valence-corrected chi connectivity index (χ4v) is 3.21. The zero-order chi connectivity index (χ0) is 21.8. The highest BCUT2D eigenvalue weighted by molar-refractivity contribution is 5.74. The molecule has 10 nitrogen and oxygen atoms in total. The number of pyridine rings is 1. The maximum absolute atomic E-state index is 13.4. The van der Waals surface area contributed by atoms with E-state index >= 15 is 0 Å². The molecule has 10 heteroatoms. The van der Waals surface area contributed by atoms with Gasteiger partial charge in [-0.1, -0.05) is 5.92 Å². The van der Waals surface area contributed by atoms with Crippen LogP contribution in [0.1, 0.15) is 18.2 Å². The molecule has 0 saturated carbocycles. The Bertz CT molecular complexity index is 1310. The molecule has 3 heterocycles. The van der Waals surface area contributed by atoms with Crippen molar-refractivity contribution in [2.45, 2.75) is 20.0 Å². The second-order valence-electron chi connectivity index (χ2n) is 6.65. The predicted molar refractivity (Wildman–Crippen MR) is 113 cm³/mol. The van der Waals surface area contributed by atoms with Crippen molar-refractivity contribution in [1.82, 2.24) is 23.7 Å². The van der Waals surface area contributed by atoms with E-state index in [0.717, 1.165) is 4.57 Å². The molecule has 0 aromatic carbocycles. The number of aromatic nitrogens is 5. The highest BCUT2D eigenvalue weighted by Crippen LogP contribution is 2.18. The molecular weight excluding hydrogens is 384 g/mol. The molecule has 0 saturated heterocycles. The van der Waals surface area contributed by atoms with Gasteiger partial charge in [0.15, 0.2) is 11.2 Å². The Morgan fingerprint density at radius 1 is 1.30 bits per heavy atom. The van der Waals surface area contributed by atoms with E-state index in [1.807, 2.05) is 18.0 Å². The number of nitrogens with two attached hydrogens (primary N) is 1. The van der Waals surface area contributed by atoms with E-state index in [2.05, 4.69) is 21.8 Å². The number of anilines is 1. The van der Waals surface area contributed by atoms with E-state index in [9.17, 15) is 14.9 Å². The molecule has 0 aliphatic carbocycles. The Balaban J connectivity index is 2.31. The van der Waals surface area contributed by atoms with Gasteiger partial charge in [-0.3, -0.25) is 23.5 Å². The lowest BCUT2D eigenvalue weighted by molar-refractivity contribution is 0.643. The number of likely N-dealkylation sites (N-methyl/N-ethyl adjacent to an activating group) is 1. The number of nitriles is 1. The quantitative estimate of drug-likeness (QED) is 0.553. The summed E-state index contributed by atoms with van der Waals surface area (Å²) < 4.78 is 4.07. The number of fused-ring (bicyclic) bond motifs is 1. The highest BCUT2D eigenvalue weighted by Gasteiger charge is 2.22. The number of imidazole rings is 1. The number of nitrogens with zero attached hydrogens (tertiary/aromatic N) is 7. The van der Waals surface area contributed by atoms with E-state index in [1.54, 1.807) is 30.7 Å².